The van der Waals surface area contributed by atoms with Crippen molar-refractivity contribution in [3.63, 3.8) is 0 Å². The van der Waals surface area contributed by atoms with Gasteiger partial charge in [0, 0.05) is 0 Å². The Bertz CT molecular complexity index is 1290. The molecule has 0 aliphatic carbocycles. The highest BCUT2D eigenvalue weighted by atomic mass is 16.4. The lowest BCUT2D eigenvalue weighted by Gasteiger charge is -2.30. The summed E-state index contributed by atoms with van der Waals surface area (Å²) in [6.45, 7) is 13.8. The zero-order valence-corrected chi connectivity index (χ0v) is 26.3. The van der Waals surface area contributed by atoms with Gasteiger partial charge in [-0.05, 0) is 35.5 Å². The van der Waals surface area contributed by atoms with Crippen molar-refractivity contribution in [3.8, 4) is 0 Å². The van der Waals surface area contributed by atoms with Crippen molar-refractivity contribution in [2.24, 2.45) is 29.4 Å². The molecule has 4 amide bonds. The number of amides is 4. The summed E-state index contributed by atoms with van der Waals surface area (Å²) in [5, 5.41) is 21.0. The third-order valence-electron chi connectivity index (χ3n) is 7.36. The normalized spacial score (nSPS) is 15.2. The number of aliphatic carboxylic acids is 1. The number of hydrogen-bond acceptors (Lipinski definition) is 6. The molecular weight excluding hydrogens is 552 g/mol. The Balaban J connectivity index is 2.12. The summed E-state index contributed by atoms with van der Waals surface area (Å²) >= 11 is 0. The average Bonchev–Trinajstić information content (AvgIpc) is 3.32. The van der Waals surface area contributed by atoms with E-state index in [2.05, 4.69) is 26.3 Å². The number of nitrogens with two attached hydrogens (primary N) is 1. The van der Waals surface area contributed by atoms with E-state index in [1.807, 2.05) is 24.3 Å². The fourth-order valence-corrected chi connectivity index (χ4v) is 4.67. The molecule has 2 rings (SSSR count). The predicted molar refractivity (Wildman–Crippen MR) is 164 cm³/mol. The van der Waals surface area contributed by atoms with Crippen LogP contribution in [0.1, 0.15) is 61.0 Å². The monoisotopic (exact) mass is 599 g/mol. The molecule has 12 nitrogen and oxygen atoms in total. The maximum atomic E-state index is 13.4. The molecule has 238 valence electrons. The first-order valence-electron chi connectivity index (χ1n) is 14.7. The summed E-state index contributed by atoms with van der Waals surface area (Å²) in [7, 11) is 0. The zero-order valence-electron chi connectivity index (χ0n) is 26.3. The highest BCUT2D eigenvalue weighted by Crippen LogP contribution is 2.18. The van der Waals surface area contributed by atoms with Crippen LogP contribution in [0.25, 0.3) is 10.9 Å². The van der Waals surface area contributed by atoms with Crippen molar-refractivity contribution >= 4 is 40.5 Å². The molecule has 1 heterocycles. The molecule has 1 aromatic carbocycles. The van der Waals surface area contributed by atoms with Crippen LogP contribution in [0, 0.1) is 23.7 Å². The van der Waals surface area contributed by atoms with Crippen LogP contribution in [-0.4, -0.2) is 64.9 Å². The van der Waals surface area contributed by atoms with E-state index >= 15 is 0 Å². The van der Waals surface area contributed by atoms with E-state index in [0.717, 1.165) is 16.5 Å². The van der Waals surface area contributed by atoms with Gasteiger partial charge in [-0.1, -0.05) is 85.2 Å². The van der Waals surface area contributed by atoms with Crippen molar-refractivity contribution < 1.29 is 29.1 Å². The summed E-state index contributed by atoms with van der Waals surface area (Å²) in [4.78, 5) is 68.7. The summed E-state index contributed by atoms with van der Waals surface area (Å²) in [6.07, 6.45) is 1.92. The molecule has 1 aromatic heterocycles. The van der Waals surface area contributed by atoms with Crippen LogP contribution in [0.2, 0.25) is 0 Å². The number of para-hydroxylation sites is 1. The van der Waals surface area contributed by atoms with Gasteiger partial charge in [0.15, 0.2) is 0 Å². The third-order valence-corrected chi connectivity index (χ3v) is 7.36. The zero-order chi connectivity index (χ0) is 32.6. The summed E-state index contributed by atoms with van der Waals surface area (Å²) in [6, 6.07) is 2.44. The van der Waals surface area contributed by atoms with Crippen LogP contribution < -0.4 is 32.0 Å². The second-order valence-corrected chi connectivity index (χ2v) is 12.4. The highest BCUT2D eigenvalue weighted by Gasteiger charge is 2.35. The standard InChI is InChI=1S/C31H47N6O6/c1-15(2)23(34-27(38)21(32)13-19-14-33-22-12-10-9-11-20(19)22)28(39)35-24(16(3)4)29(40)36-25(17(5)6)30(41)37-26(18(7)8)31(42)43/h9-12,14-18,21,23-26H,13,32H2,1-8H3,(H,34,38)(H,35,39)(H,36,40)(H,37,41)(H,42,43)/q-1/t21-,23-,24-,25-,26-/m0/s1. The van der Waals surface area contributed by atoms with Gasteiger partial charge in [0.1, 0.15) is 24.2 Å². The van der Waals surface area contributed by atoms with Crippen molar-refractivity contribution in [1.82, 2.24) is 26.3 Å². The van der Waals surface area contributed by atoms with Crippen LogP contribution in [0.3, 0.4) is 0 Å². The minimum Gasteiger partial charge on any atom is -0.663 e. The molecule has 0 fully saturated rings. The molecule has 43 heavy (non-hydrogen) atoms. The van der Waals surface area contributed by atoms with Gasteiger partial charge in [-0.15, -0.1) is 5.52 Å². The Morgan fingerprint density at radius 3 is 1.49 bits per heavy atom. The van der Waals surface area contributed by atoms with Gasteiger partial charge >= 0.3 is 5.97 Å². The van der Waals surface area contributed by atoms with Gasteiger partial charge in [0.2, 0.25) is 23.6 Å². The summed E-state index contributed by atoms with van der Waals surface area (Å²) < 4.78 is 0. The molecule has 0 saturated heterocycles. The number of carbonyl (C=O) groups is 5. The van der Waals surface area contributed by atoms with Crippen LogP contribution in [0.4, 0.5) is 0 Å². The molecule has 7 N–H and O–H groups in total. The first kappa shape index (κ1) is 35.3. The SMILES string of the molecule is CC(C)[C@H](NC(=O)[C@@H](NC(=O)[C@@H](NC(=O)[C@@H](NC(=O)[C@@H](N)Cc1c[n-]c2ccccc12)C(C)C)C(C)C)C(C)C)C(=O)O. The molecule has 0 radical (unpaired) electrons. The number of benzene rings is 1. The molecule has 0 aliphatic rings. The number of nitrogens with one attached hydrogen (secondary N) is 4. The molecule has 2 aromatic rings. The van der Waals surface area contributed by atoms with E-state index in [-0.39, 0.29) is 30.1 Å². The Kier molecular flexibility index (Phi) is 12.7. The minimum absolute atomic E-state index is 0.230. The van der Waals surface area contributed by atoms with Gasteiger partial charge in [-0.2, -0.15) is 6.20 Å². The number of nitrogens with zero attached hydrogens (tertiary/aromatic N) is 1. The lowest BCUT2D eigenvalue weighted by molar-refractivity contribution is -0.144. The van der Waals surface area contributed by atoms with Crippen molar-refractivity contribution in [2.75, 3.05) is 0 Å². The maximum Gasteiger partial charge on any atom is 0.326 e. The van der Waals surface area contributed by atoms with E-state index in [9.17, 15) is 29.1 Å². The average molecular weight is 600 g/mol. The smallest absolute Gasteiger partial charge is 0.326 e. The summed E-state index contributed by atoms with van der Waals surface area (Å²) in [5.74, 6) is -4.93. The first-order valence-corrected chi connectivity index (χ1v) is 14.7. The lowest BCUT2D eigenvalue weighted by Crippen LogP contribution is -2.61. The van der Waals surface area contributed by atoms with Crippen molar-refractivity contribution in [1.29, 1.82) is 0 Å². The van der Waals surface area contributed by atoms with E-state index < -0.39 is 59.8 Å². The van der Waals surface area contributed by atoms with Crippen LogP contribution in [-0.2, 0) is 30.4 Å². The van der Waals surface area contributed by atoms with Crippen molar-refractivity contribution in [3.05, 3.63) is 36.0 Å². The van der Waals surface area contributed by atoms with E-state index in [4.69, 9.17) is 5.73 Å². The van der Waals surface area contributed by atoms with Gasteiger partial charge in [-0.25, -0.2) is 4.79 Å². The number of carboxylic acid groups (broad SMARTS) is 1. The number of hydrogen-bond donors (Lipinski definition) is 6. The molecule has 0 unspecified atom stereocenters. The quantitative estimate of drug-likeness (QED) is 0.176. The maximum absolute atomic E-state index is 13.4. The number of carbonyl (C=O) groups excluding carboxylic acids is 4. The van der Waals surface area contributed by atoms with Crippen LogP contribution >= 0.6 is 0 Å². The lowest BCUT2D eigenvalue weighted by atomic mass is 9.97. The fraction of sp³-hybridized carbons (Fsp3) is 0.581. The molecule has 0 bridgehead atoms. The van der Waals surface area contributed by atoms with Gasteiger partial charge in [0.25, 0.3) is 0 Å². The number of rotatable bonds is 15. The molecular formula is C31H47N6O6-. The molecule has 0 saturated carbocycles. The predicted octanol–water partition coefficient (Wildman–Crippen LogP) is 1.31. The fourth-order valence-electron chi connectivity index (χ4n) is 4.67. The Labute approximate surface area is 253 Å². The number of aromatic nitrogens is 1. The largest absolute Gasteiger partial charge is 0.663 e. The van der Waals surface area contributed by atoms with E-state index in [0.29, 0.717) is 0 Å². The molecule has 0 aliphatic heterocycles. The van der Waals surface area contributed by atoms with Crippen molar-refractivity contribution in [2.45, 2.75) is 92.0 Å². The molecule has 0 spiro atoms. The topological polar surface area (TPSA) is 194 Å². The Hall–Kier alpha value is -3.93. The first-order chi connectivity index (χ1) is 20.0. The Morgan fingerprint density at radius 1 is 0.674 bits per heavy atom. The summed E-state index contributed by atoms with van der Waals surface area (Å²) in [5.41, 5.74) is 7.85. The van der Waals surface area contributed by atoms with Gasteiger partial charge in [0.05, 0.1) is 6.04 Å². The van der Waals surface area contributed by atoms with Gasteiger partial charge < -0.3 is 37.1 Å². The second kappa shape index (κ2) is 15.5. The van der Waals surface area contributed by atoms with Crippen LogP contribution in [0.5, 0.6) is 0 Å². The second-order valence-electron chi connectivity index (χ2n) is 12.4. The van der Waals surface area contributed by atoms with Gasteiger partial charge in [-0.3, -0.25) is 19.2 Å². The molecule has 12 heteroatoms. The van der Waals surface area contributed by atoms with E-state index in [1.165, 1.54) is 0 Å². The molecule has 5 atom stereocenters. The highest BCUT2D eigenvalue weighted by molar-refractivity contribution is 5.96. The van der Waals surface area contributed by atoms with Crippen LogP contribution in [0.15, 0.2) is 30.5 Å². The third kappa shape index (κ3) is 9.54. The minimum atomic E-state index is -1.18. The number of carboxylic acids is 1. The Morgan fingerprint density at radius 2 is 1.07 bits per heavy atom. The van der Waals surface area contributed by atoms with E-state index in [1.54, 1.807) is 61.6 Å². The number of fused-ring (bicyclic) bond motifs is 1.